The van der Waals surface area contributed by atoms with Gasteiger partial charge in [-0.15, -0.1) is 0 Å². The highest BCUT2D eigenvalue weighted by molar-refractivity contribution is 7.90. The lowest BCUT2D eigenvalue weighted by Crippen LogP contribution is -2.33. The van der Waals surface area contributed by atoms with E-state index in [1.54, 1.807) is 18.2 Å². The topological polar surface area (TPSA) is 111 Å². The van der Waals surface area contributed by atoms with Crippen molar-refractivity contribution in [2.45, 2.75) is 6.42 Å². The summed E-state index contributed by atoms with van der Waals surface area (Å²) in [6, 6.07) is 4.94. The number of hydrogen-bond acceptors (Lipinski definition) is 6. The second-order valence-electron chi connectivity index (χ2n) is 4.77. The predicted molar refractivity (Wildman–Crippen MR) is 78.5 cm³/mol. The van der Waals surface area contributed by atoms with E-state index in [9.17, 15) is 18.0 Å². The van der Waals surface area contributed by atoms with Crippen molar-refractivity contribution in [3.8, 4) is 11.5 Å². The van der Waals surface area contributed by atoms with Gasteiger partial charge in [0.25, 0.3) is 0 Å². The zero-order valence-electron chi connectivity index (χ0n) is 11.9. The number of fused-ring (bicyclic) bond motifs is 1. The lowest BCUT2D eigenvalue weighted by Gasteiger charge is -2.07. The molecule has 0 atom stereocenters. The number of hydrogen-bond donors (Lipinski definition) is 2. The molecular formula is C13H16N2O6S. The Labute approximate surface area is 127 Å². The largest absolute Gasteiger partial charge is 0.454 e. The van der Waals surface area contributed by atoms with Crippen molar-refractivity contribution in [3.05, 3.63) is 18.2 Å². The first-order valence-electron chi connectivity index (χ1n) is 6.47. The molecule has 0 fully saturated rings. The van der Waals surface area contributed by atoms with Gasteiger partial charge in [-0.3, -0.25) is 9.59 Å². The van der Waals surface area contributed by atoms with E-state index >= 15 is 0 Å². The fraction of sp³-hybridized carbons (Fsp3) is 0.385. The molecule has 2 rings (SSSR count). The average Bonchev–Trinajstić information content (AvgIpc) is 2.89. The van der Waals surface area contributed by atoms with Gasteiger partial charge in [-0.1, -0.05) is 0 Å². The molecule has 1 aromatic rings. The van der Waals surface area contributed by atoms with E-state index < -0.39 is 21.7 Å². The smallest absolute Gasteiger partial charge is 0.243 e. The van der Waals surface area contributed by atoms with E-state index in [0.29, 0.717) is 17.2 Å². The molecule has 1 aliphatic rings. The highest BCUT2D eigenvalue weighted by Gasteiger charge is 2.14. The fourth-order valence-corrected chi connectivity index (χ4v) is 2.28. The molecule has 1 aliphatic heterocycles. The van der Waals surface area contributed by atoms with E-state index in [0.717, 1.165) is 6.26 Å². The molecule has 9 heteroatoms. The molecule has 0 saturated carbocycles. The number of nitrogens with one attached hydrogen (secondary N) is 2. The van der Waals surface area contributed by atoms with Gasteiger partial charge in [0.1, 0.15) is 9.84 Å². The fourth-order valence-electron chi connectivity index (χ4n) is 1.72. The van der Waals surface area contributed by atoms with Crippen molar-refractivity contribution in [3.63, 3.8) is 0 Å². The number of carbonyl (C=O) groups excluding carboxylic acids is 2. The summed E-state index contributed by atoms with van der Waals surface area (Å²) in [6.07, 6.45) is 0.878. The van der Waals surface area contributed by atoms with Gasteiger partial charge >= 0.3 is 0 Å². The normalized spacial score (nSPS) is 12.8. The summed E-state index contributed by atoms with van der Waals surface area (Å²) in [7, 11) is -3.20. The van der Waals surface area contributed by atoms with Crippen LogP contribution in [0.4, 0.5) is 5.69 Å². The molecule has 0 spiro atoms. The highest BCUT2D eigenvalue weighted by atomic mass is 32.2. The number of benzene rings is 1. The molecule has 0 unspecified atom stereocenters. The van der Waals surface area contributed by atoms with Crippen molar-refractivity contribution in [1.82, 2.24) is 5.32 Å². The third kappa shape index (κ3) is 4.92. The highest BCUT2D eigenvalue weighted by Crippen LogP contribution is 2.34. The van der Waals surface area contributed by atoms with Gasteiger partial charge in [-0.25, -0.2) is 8.42 Å². The Morgan fingerprint density at radius 1 is 1.18 bits per heavy atom. The van der Waals surface area contributed by atoms with Crippen molar-refractivity contribution < 1.29 is 27.5 Å². The molecule has 0 aromatic heterocycles. The Bertz CT molecular complexity index is 686. The van der Waals surface area contributed by atoms with Crippen LogP contribution in [0.25, 0.3) is 0 Å². The van der Waals surface area contributed by atoms with Crippen molar-refractivity contribution in [1.29, 1.82) is 0 Å². The molecule has 8 nitrogen and oxygen atoms in total. The number of rotatable bonds is 6. The van der Waals surface area contributed by atoms with Crippen molar-refractivity contribution in [2.24, 2.45) is 0 Å². The first kappa shape index (κ1) is 16.1. The maximum absolute atomic E-state index is 11.7. The summed E-state index contributed by atoms with van der Waals surface area (Å²) in [5, 5.41) is 4.95. The van der Waals surface area contributed by atoms with Crippen LogP contribution in [0.5, 0.6) is 11.5 Å². The van der Waals surface area contributed by atoms with Crippen molar-refractivity contribution >= 4 is 27.3 Å². The van der Waals surface area contributed by atoms with Gasteiger partial charge in [-0.05, 0) is 12.1 Å². The van der Waals surface area contributed by atoms with E-state index in [4.69, 9.17) is 9.47 Å². The Hall–Kier alpha value is -2.29. The average molecular weight is 328 g/mol. The van der Waals surface area contributed by atoms with Gasteiger partial charge in [0.2, 0.25) is 18.6 Å². The lowest BCUT2D eigenvalue weighted by molar-refractivity contribution is -0.123. The first-order valence-corrected chi connectivity index (χ1v) is 8.53. The number of carbonyl (C=O) groups is 2. The van der Waals surface area contributed by atoms with Crippen LogP contribution in [-0.2, 0) is 19.4 Å². The minimum absolute atomic E-state index is 0.142. The quantitative estimate of drug-likeness (QED) is 0.755. The number of ether oxygens (including phenoxy) is 2. The minimum Gasteiger partial charge on any atom is -0.454 e. The summed E-state index contributed by atoms with van der Waals surface area (Å²) in [5.41, 5.74) is 0.514. The molecule has 0 aliphatic carbocycles. The maximum atomic E-state index is 11.7. The third-order valence-electron chi connectivity index (χ3n) is 2.80. The Kier molecular flexibility index (Phi) is 4.86. The van der Waals surface area contributed by atoms with E-state index in [1.165, 1.54) is 0 Å². The number of amides is 2. The molecule has 2 N–H and O–H groups in total. The zero-order chi connectivity index (χ0) is 16.2. The summed E-state index contributed by atoms with van der Waals surface area (Å²) < 4.78 is 32.2. The first-order chi connectivity index (χ1) is 10.3. The predicted octanol–water partition coefficient (Wildman–Crippen LogP) is -0.0953. The van der Waals surface area contributed by atoms with Crippen LogP contribution in [-0.4, -0.2) is 45.6 Å². The van der Waals surface area contributed by atoms with Gasteiger partial charge in [0, 0.05) is 24.4 Å². The summed E-state index contributed by atoms with van der Waals surface area (Å²) in [5.74, 6) is -0.0253. The van der Waals surface area contributed by atoms with E-state index in [1.807, 2.05) is 0 Å². The zero-order valence-corrected chi connectivity index (χ0v) is 12.7. The molecule has 2 amide bonds. The summed E-state index contributed by atoms with van der Waals surface area (Å²) in [4.78, 5) is 23.1. The van der Waals surface area contributed by atoms with Crippen LogP contribution in [0.3, 0.4) is 0 Å². The molecule has 1 heterocycles. The molecule has 0 saturated heterocycles. The van der Waals surface area contributed by atoms with Crippen LogP contribution >= 0.6 is 0 Å². The van der Waals surface area contributed by atoms with Crippen molar-refractivity contribution in [2.75, 3.05) is 30.7 Å². The van der Waals surface area contributed by atoms with Gasteiger partial charge in [-0.2, -0.15) is 0 Å². The van der Waals surface area contributed by atoms with Crippen LogP contribution in [0.2, 0.25) is 0 Å². The third-order valence-corrected chi connectivity index (χ3v) is 3.75. The molecule has 0 radical (unpaired) electrons. The van der Waals surface area contributed by atoms with Crippen LogP contribution in [0.1, 0.15) is 6.42 Å². The molecular weight excluding hydrogens is 312 g/mol. The Balaban J connectivity index is 1.77. The molecule has 0 bridgehead atoms. The SMILES string of the molecule is CS(=O)(=O)CCC(=O)NCC(=O)Nc1ccc2c(c1)OCO2. The van der Waals surface area contributed by atoms with Crippen LogP contribution < -0.4 is 20.1 Å². The van der Waals surface area contributed by atoms with Gasteiger partial charge in [0.05, 0.1) is 12.3 Å². The Morgan fingerprint density at radius 2 is 1.91 bits per heavy atom. The second-order valence-corrected chi connectivity index (χ2v) is 7.03. The standard InChI is InChI=1S/C13H16N2O6S/c1-22(18,19)5-4-12(16)14-7-13(17)15-9-2-3-10-11(6-9)21-8-20-10/h2-3,6H,4-5,7-8H2,1H3,(H,14,16)(H,15,17). The summed E-state index contributed by atoms with van der Waals surface area (Å²) >= 11 is 0. The van der Waals surface area contributed by atoms with E-state index in [2.05, 4.69) is 10.6 Å². The number of anilines is 1. The molecule has 22 heavy (non-hydrogen) atoms. The monoisotopic (exact) mass is 328 g/mol. The molecule has 1 aromatic carbocycles. The van der Waals surface area contributed by atoms with Gasteiger partial charge < -0.3 is 20.1 Å². The number of sulfone groups is 1. The van der Waals surface area contributed by atoms with Crippen LogP contribution in [0, 0.1) is 0 Å². The second kappa shape index (κ2) is 6.65. The molecule has 120 valence electrons. The minimum atomic E-state index is -3.20. The van der Waals surface area contributed by atoms with Crippen LogP contribution in [0.15, 0.2) is 18.2 Å². The summed E-state index contributed by atoms with van der Waals surface area (Å²) in [6.45, 7) is -0.0971. The lowest BCUT2D eigenvalue weighted by atomic mass is 10.3. The van der Waals surface area contributed by atoms with E-state index in [-0.39, 0.29) is 25.5 Å². The maximum Gasteiger partial charge on any atom is 0.243 e. The van der Waals surface area contributed by atoms with Gasteiger partial charge in [0.15, 0.2) is 11.5 Å². The Morgan fingerprint density at radius 3 is 2.64 bits per heavy atom.